The Hall–Kier alpha value is -0.830. The SMILES string of the molecule is CCc1[c]cccc1S(C)(=O)=O. The quantitative estimate of drug-likeness (QED) is 0.695. The molecule has 0 atom stereocenters. The van der Waals surface area contributed by atoms with Crippen LogP contribution >= 0.6 is 0 Å². The van der Waals surface area contributed by atoms with Crippen LogP contribution in [0.4, 0.5) is 0 Å². The van der Waals surface area contributed by atoms with E-state index in [1.54, 1.807) is 18.2 Å². The molecule has 12 heavy (non-hydrogen) atoms. The topological polar surface area (TPSA) is 34.1 Å². The van der Waals surface area contributed by atoms with E-state index in [0.717, 1.165) is 5.56 Å². The molecule has 65 valence electrons. The molecule has 0 N–H and O–H groups in total. The maximum absolute atomic E-state index is 11.2. The van der Waals surface area contributed by atoms with E-state index in [2.05, 4.69) is 6.07 Å². The van der Waals surface area contributed by atoms with Crippen LogP contribution in [-0.2, 0) is 16.3 Å². The van der Waals surface area contributed by atoms with Gasteiger partial charge in [-0.25, -0.2) is 8.42 Å². The molecule has 0 aliphatic heterocycles. The highest BCUT2D eigenvalue weighted by Crippen LogP contribution is 2.14. The summed E-state index contributed by atoms with van der Waals surface area (Å²) >= 11 is 0. The Morgan fingerprint density at radius 3 is 2.58 bits per heavy atom. The monoisotopic (exact) mass is 183 g/mol. The van der Waals surface area contributed by atoms with Crippen molar-refractivity contribution < 1.29 is 8.42 Å². The number of sulfone groups is 1. The summed E-state index contributed by atoms with van der Waals surface area (Å²) in [7, 11) is -3.08. The Kier molecular flexibility index (Phi) is 2.52. The molecule has 0 bridgehead atoms. The third-order valence-electron chi connectivity index (χ3n) is 1.65. The molecular formula is C9H11O2S. The maximum atomic E-state index is 11.2. The van der Waals surface area contributed by atoms with Crippen molar-refractivity contribution in [3.8, 4) is 0 Å². The Bertz CT molecular complexity index is 366. The van der Waals surface area contributed by atoms with Gasteiger partial charge < -0.3 is 0 Å². The van der Waals surface area contributed by atoms with Crippen LogP contribution in [0.1, 0.15) is 12.5 Å². The van der Waals surface area contributed by atoms with Crippen molar-refractivity contribution in [1.82, 2.24) is 0 Å². The van der Waals surface area contributed by atoms with E-state index in [0.29, 0.717) is 11.3 Å². The van der Waals surface area contributed by atoms with Crippen molar-refractivity contribution in [2.75, 3.05) is 6.26 Å². The molecule has 0 aromatic heterocycles. The average molecular weight is 183 g/mol. The number of aryl methyl sites for hydroxylation is 1. The molecular weight excluding hydrogens is 172 g/mol. The lowest BCUT2D eigenvalue weighted by Crippen LogP contribution is -2.01. The summed E-state index contributed by atoms with van der Waals surface area (Å²) in [6.45, 7) is 1.92. The van der Waals surface area contributed by atoms with Crippen molar-refractivity contribution >= 4 is 9.84 Å². The molecule has 1 aromatic rings. The van der Waals surface area contributed by atoms with E-state index >= 15 is 0 Å². The van der Waals surface area contributed by atoms with Crippen LogP contribution in [0.2, 0.25) is 0 Å². The minimum atomic E-state index is -3.08. The summed E-state index contributed by atoms with van der Waals surface area (Å²) in [5, 5.41) is 0. The molecule has 0 fully saturated rings. The molecule has 1 radical (unpaired) electrons. The van der Waals surface area contributed by atoms with Gasteiger partial charge in [-0.2, -0.15) is 0 Å². The van der Waals surface area contributed by atoms with Gasteiger partial charge in [-0.1, -0.05) is 19.1 Å². The van der Waals surface area contributed by atoms with E-state index in [9.17, 15) is 8.42 Å². The highest BCUT2D eigenvalue weighted by atomic mass is 32.2. The Labute approximate surface area is 73.2 Å². The molecule has 1 rings (SSSR count). The summed E-state index contributed by atoms with van der Waals surface area (Å²) in [6.07, 6.45) is 1.92. The molecule has 2 nitrogen and oxygen atoms in total. The summed E-state index contributed by atoms with van der Waals surface area (Å²) in [6, 6.07) is 7.95. The summed E-state index contributed by atoms with van der Waals surface area (Å²) in [4.78, 5) is 0.396. The first-order chi connectivity index (χ1) is 5.55. The van der Waals surface area contributed by atoms with E-state index in [4.69, 9.17) is 0 Å². The van der Waals surface area contributed by atoms with E-state index in [-0.39, 0.29) is 0 Å². The molecule has 0 amide bonds. The van der Waals surface area contributed by atoms with Crippen LogP contribution < -0.4 is 0 Å². The molecule has 0 aliphatic carbocycles. The summed E-state index contributed by atoms with van der Waals surface area (Å²) < 4.78 is 22.4. The summed E-state index contributed by atoms with van der Waals surface area (Å²) in [5.41, 5.74) is 0.764. The van der Waals surface area contributed by atoms with Crippen LogP contribution in [0.5, 0.6) is 0 Å². The Balaban J connectivity index is 3.33. The first-order valence-electron chi connectivity index (χ1n) is 3.75. The number of hydrogen-bond donors (Lipinski definition) is 0. The van der Waals surface area contributed by atoms with Gasteiger partial charge in [0.05, 0.1) is 4.90 Å². The van der Waals surface area contributed by atoms with Gasteiger partial charge in [0.15, 0.2) is 9.84 Å². The van der Waals surface area contributed by atoms with E-state index in [1.807, 2.05) is 6.92 Å². The maximum Gasteiger partial charge on any atom is 0.175 e. The van der Waals surface area contributed by atoms with Crippen molar-refractivity contribution in [2.45, 2.75) is 18.2 Å². The molecule has 0 saturated carbocycles. The second-order valence-corrected chi connectivity index (χ2v) is 4.62. The number of rotatable bonds is 2. The smallest absolute Gasteiger partial charge is 0.175 e. The van der Waals surface area contributed by atoms with Crippen LogP contribution in [0.15, 0.2) is 23.1 Å². The van der Waals surface area contributed by atoms with Crippen molar-refractivity contribution in [3.63, 3.8) is 0 Å². The molecule has 1 aromatic carbocycles. The fourth-order valence-electron chi connectivity index (χ4n) is 1.08. The van der Waals surface area contributed by atoms with E-state index < -0.39 is 9.84 Å². The first-order valence-corrected chi connectivity index (χ1v) is 5.64. The van der Waals surface area contributed by atoms with Crippen LogP contribution in [0, 0.1) is 6.07 Å². The number of hydrogen-bond acceptors (Lipinski definition) is 2. The molecule has 3 heteroatoms. The molecule has 0 aliphatic rings. The third-order valence-corrected chi connectivity index (χ3v) is 2.83. The normalized spacial score (nSPS) is 11.5. The van der Waals surface area contributed by atoms with Crippen molar-refractivity contribution in [3.05, 3.63) is 29.8 Å². The van der Waals surface area contributed by atoms with Crippen LogP contribution in [-0.4, -0.2) is 14.7 Å². The molecule has 0 unspecified atom stereocenters. The Morgan fingerprint density at radius 1 is 1.50 bits per heavy atom. The highest BCUT2D eigenvalue weighted by Gasteiger charge is 2.10. The highest BCUT2D eigenvalue weighted by molar-refractivity contribution is 7.90. The predicted molar refractivity (Wildman–Crippen MR) is 47.8 cm³/mol. The summed E-state index contributed by atoms with van der Waals surface area (Å²) in [5.74, 6) is 0. The first kappa shape index (κ1) is 9.26. The standard InChI is InChI=1S/C9H11O2S/c1-3-8-6-4-5-7-9(8)12(2,10)11/h4-5,7H,3H2,1-2H3. The van der Waals surface area contributed by atoms with Crippen LogP contribution in [0.25, 0.3) is 0 Å². The van der Waals surface area contributed by atoms with Gasteiger partial charge in [-0.15, -0.1) is 0 Å². The lowest BCUT2D eigenvalue weighted by atomic mass is 10.2. The van der Waals surface area contributed by atoms with Gasteiger partial charge in [0.2, 0.25) is 0 Å². The zero-order chi connectivity index (χ0) is 9.19. The fraction of sp³-hybridized carbons (Fsp3) is 0.333. The minimum absolute atomic E-state index is 0.396. The van der Waals surface area contributed by atoms with Gasteiger partial charge >= 0.3 is 0 Å². The zero-order valence-electron chi connectivity index (χ0n) is 7.16. The Morgan fingerprint density at radius 2 is 2.17 bits per heavy atom. The van der Waals surface area contributed by atoms with Crippen molar-refractivity contribution in [2.24, 2.45) is 0 Å². The predicted octanol–water partition coefficient (Wildman–Crippen LogP) is 1.45. The second kappa shape index (κ2) is 3.27. The average Bonchev–Trinajstić information content (AvgIpc) is 2.03. The second-order valence-electron chi connectivity index (χ2n) is 2.64. The largest absolute Gasteiger partial charge is 0.224 e. The van der Waals surface area contributed by atoms with Crippen molar-refractivity contribution in [1.29, 1.82) is 0 Å². The molecule has 0 heterocycles. The van der Waals surface area contributed by atoms with Gasteiger partial charge in [0.25, 0.3) is 0 Å². The van der Waals surface area contributed by atoms with Crippen LogP contribution in [0.3, 0.4) is 0 Å². The van der Waals surface area contributed by atoms with E-state index in [1.165, 1.54) is 6.26 Å². The lowest BCUT2D eigenvalue weighted by molar-refractivity contribution is 0.601. The lowest BCUT2D eigenvalue weighted by Gasteiger charge is -2.03. The fourth-order valence-corrected chi connectivity index (χ4v) is 2.06. The third kappa shape index (κ3) is 1.85. The number of benzene rings is 1. The van der Waals surface area contributed by atoms with Gasteiger partial charge in [-0.3, -0.25) is 0 Å². The van der Waals surface area contributed by atoms with Gasteiger partial charge in [0, 0.05) is 6.26 Å². The van der Waals surface area contributed by atoms with Gasteiger partial charge in [-0.05, 0) is 24.1 Å². The zero-order valence-corrected chi connectivity index (χ0v) is 7.98. The minimum Gasteiger partial charge on any atom is -0.224 e. The molecule has 0 spiro atoms. The van der Waals surface area contributed by atoms with Gasteiger partial charge in [0.1, 0.15) is 0 Å². The molecule has 0 saturated heterocycles.